The summed E-state index contributed by atoms with van der Waals surface area (Å²) in [5, 5.41) is 0. The molecule has 0 aliphatic rings. The van der Waals surface area contributed by atoms with E-state index in [1.165, 1.54) is 0 Å². The van der Waals surface area contributed by atoms with Gasteiger partial charge < -0.3 is 9.47 Å². The molecular weight excluding hydrogens is 304 g/mol. The molecule has 0 aromatic rings. The van der Waals surface area contributed by atoms with Gasteiger partial charge in [-0.3, -0.25) is 9.59 Å². The van der Waals surface area contributed by atoms with Crippen molar-refractivity contribution in [3.8, 4) is 0 Å². The number of carbonyl (C=O) groups excluding carboxylic acids is 2. The second kappa shape index (κ2) is 10.3. The second-order valence-electron chi connectivity index (χ2n) is 8.02. The van der Waals surface area contributed by atoms with Crippen molar-refractivity contribution in [3.63, 3.8) is 0 Å². The van der Waals surface area contributed by atoms with Gasteiger partial charge in [-0.15, -0.1) is 0 Å². The Morgan fingerprint density at radius 1 is 0.958 bits per heavy atom. The third-order valence-corrected chi connectivity index (χ3v) is 4.84. The average molecular weight is 343 g/mol. The first-order valence-electron chi connectivity index (χ1n) is 9.29. The lowest BCUT2D eigenvalue weighted by Crippen LogP contribution is -2.36. The number of ether oxygens (including phenoxy) is 2. The lowest BCUT2D eigenvalue weighted by Gasteiger charge is -2.31. The van der Waals surface area contributed by atoms with Gasteiger partial charge in [0.2, 0.25) is 0 Å². The summed E-state index contributed by atoms with van der Waals surface area (Å²) in [5.74, 6) is 0.446. The second-order valence-corrected chi connectivity index (χ2v) is 8.02. The van der Waals surface area contributed by atoms with Gasteiger partial charge in [0.1, 0.15) is 12.4 Å². The first-order chi connectivity index (χ1) is 11.0. The predicted octanol–water partition coefficient (Wildman–Crippen LogP) is 4.59. The van der Waals surface area contributed by atoms with Gasteiger partial charge in [-0.05, 0) is 40.0 Å². The number of hydrogen-bond acceptors (Lipinski definition) is 4. The summed E-state index contributed by atoms with van der Waals surface area (Å²) in [5.41, 5.74) is -0.843. The lowest BCUT2D eigenvalue weighted by atomic mass is 9.92. The maximum absolute atomic E-state index is 12.1. The van der Waals surface area contributed by atoms with E-state index in [4.69, 9.17) is 9.47 Å². The van der Waals surface area contributed by atoms with Crippen LogP contribution in [0.15, 0.2) is 0 Å². The summed E-state index contributed by atoms with van der Waals surface area (Å²) in [4.78, 5) is 23.9. The van der Waals surface area contributed by atoms with Crippen molar-refractivity contribution >= 4 is 11.6 Å². The summed E-state index contributed by atoms with van der Waals surface area (Å²) >= 11 is 0. The van der Waals surface area contributed by atoms with Crippen LogP contribution in [0.1, 0.15) is 81.1 Å². The van der Waals surface area contributed by atoms with Gasteiger partial charge in [-0.25, -0.2) is 0 Å². The molecule has 0 saturated heterocycles. The first-order valence-corrected chi connectivity index (χ1v) is 9.29. The minimum absolute atomic E-state index is 0.00661. The van der Waals surface area contributed by atoms with Gasteiger partial charge in [-0.2, -0.15) is 0 Å². The molecule has 0 saturated carbocycles. The molecule has 0 aliphatic heterocycles. The molecule has 0 N–H and O–H groups in total. The van der Waals surface area contributed by atoms with Crippen LogP contribution in [0, 0.1) is 11.8 Å². The van der Waals surface area contributed by atoms with E-state index in [1.807, 2.05) is 48.5 Å². The van der Waals surface area contributed by atoms with Crippen LogP contribution >= 0.6 is 0 Å². The number of ketones is 2. The number of carbonyl (C=O) groups is 2. The van der Waals surface area contributed by atoms with Gasteiger partial charge in [0, 0.05) is 18.3 Å². The molecule has 0 bridgehead atoms. The Balaban J connectivity index is 4.42. The topological polar surface area (TPSA) is 52.6 Å². The third kappa shape index (κ3) is 8.93. The molecule has 24 heavy (non-hydrogen) atoms. The summed E-state index contributed by atoms with van der Waals surface area (Å²) in [7, 11) is 0. The van der Waals surface area contributed by atoms with Crippen molar-refractivity contribution < 1.29 is 19.1 Å². The standard InChI is InChI=1S/C20H38O4/c1-9-16(5)17(21)13-19(6,7)23-12-11-20(8,10-2)24-14-18(22)15(3)4/h15-16H,9-14H2,1-8H3. The van der Waals surface area contributed by atoms with Crippen molar-refractivity contribution in [2.24, 2.45) is 11.8 Å². The molecule has 2 unspecified atom stereocenters. The minimum Gasteiger partial charge on any atom is -0.375 e. The summed E-state index contributed by atoms with van der Waals surface area (Å²) in [6.07, 6.45) is 2.81. The Morgan fingerprint density at radius 3 is 2.00 bits per heavy atom. The molecule has 4 nitrogen and oxygen atoms in total. The highest BCUT2D eigenvalue weighted by Crippen LogP contribution is 2.24. The molecule has 0 aromatic heterocycles. The van der Waals surface area contributed by atoms with E-state index >= 15 is 0 Å². The van der Waals surface area contributed by atoms with Crippen LogP contribution in [-0.2, 0) is 19.1 Å². The molecular formula is C20H38O4. The highest BCUT2D eigenvalue weighted by atomic mass is 16.5. The molecule has 0 fully saturated rings. The average Bonchev–Trinajstić information content (AvgIpc) is 2.50. The van der Waals surface area contributed by atoms with Crippen LogP contribution < -0.4 is 0 Å². The molecule has 0 rings (SSSR count). The number of rotatable bonds is 13. The van der Waals surface area contributed by atoms with Crippen LogP contribution in [0.5, 0.6) is 0 Å². The zero-order chi connectivity index (χ0) is 19.0. The van der Waals surface area contributed by atoms with Crippen LogP contribution in [0.25, 0.3) is 0 Å². The van der Waals surface area contributed by atoms with Crippen molar-refractivity contribution in [3.05, 3.63) is 0 Å². The van der Waals surface area contributed by atoms with E-state index in [2.05, 4.69) is 6.92 Å². The molecule has 0 radical (unpaired) electrons. The normalized spacial score (nSPS) is 16.0. The Bertz CT molecular complexity index is 400. The predicted molar refractivity (Wildman–Crippen MR) is 98.2 cm³/mol. The van der Waals surface area contributed by atoms with Crippen molar-refractivity contribution in [1.82, 2.24) is 0 Å². The Kier molecular flexibility index (Phi) is 9.98. The SMILES string of the molecule is CCC(C)C(=O)CC(C)(C)OCCC(C)(CC)OCC(=O)C(C)C. The fourth-order valence-corrected chi connectivity index (χ4v) is 2.18. The van der Waals surface area contributed by atoms with Crippen LogP contribution in [0.2, 0.25) is 0 Å². The fraction of sp³-hybridized carbons (Fsp3) is 0.900. The molecule has 0 amide bonds. The molecule has 0 aliphatic carbocycles. The molecule has 0 aromatic carbocycles. The van der Waals surface area contributed by atoms with Crippen LogP contribution in [0.4, 0.5) is 0 Å². The van der Waals surface area contributed by atoms with Gasteiger partial charge in [0.05, 0.1) is 17.8 Å². The van der Waals surface area contributed by atoms with Crippen LogP contribution in [-0.4, -0.2) is 36.0 Å². The Morgan fingerprint density at radius 2 is 1.54 bits per heavy atom. The minimum atomic E-state index is -0.469. The maximum atomic E-state index is 12.1. The van der Waals surface area contributed by atoms with E-state index in [0.29, 0.717) is 19.4 Å². The highest BCUT2D eigenvalue weighted by Gasteiger charge is 2.28. The summed E-state index contributed by atoms with van der Waals surface area (Å²) in [6.45, 7) is 16.4. The molecule has 0 spiro atoms. The highest BCUT2D eigenvalue weighted by molar-refractivity contribution is 5.81. The molecule has 4 heteroatoms. The molecule has 142 valence electrons. The van der Waals surface area contributed by atoms with E-state index in [0.717, 1.165) is 12.8 Å². The summed E-state index contributed by atoms with van der Waals surface area (Å²) < 4.78 is 11.8. The third-order valence-electron chi connectivity index (χ3n) is 4.84. The van der Waals surface area contributed by atoms with E-state index < -0.39 is 5.60 Å². The van der Waals surface area contributed by atoms with Gasteiger partial charge in [0.25, 0.3) is 0 Å². The lowest BCUT2D eigenvalue weighted by molar-refractivity contribution is -0.138. The van der Waals surface area contributed by atoms with E-state index in [9.17, 15) is 9.59 Å². The van der Waals surface area contributed by atoms with E-state index in [-0.39, 0.29) is 35.6 Å². The molecule has 2 atom stereocenters. The molecule has 0 heterocycles. The quantitative estimate of drug-likeness (QED) is 0.491. The van der Waals surface area contributed by atoms with Gasteiger partial charge in [0.15, 0.2) is 5.78 Å². The Labute approximate surface area is 148 Å². The number of Topliss-reactive ketones (excluding diaryl/α,β-unsaturated/α-hetero) is 2. The fourth-order valence-electron chi connectivity index (χ4n) is 2.18. The zero-order valence-electron chi connectivity index (χ0n) is 17.0. The maximum Gasteiger partial charge on any atom is 0.161 e. The smallest absolute Gasteiger partial charge is 0.161 e. The van der Waals surface area contributed by atoms with Crippen molar-refractivity contribution in [2.45, 2.75) is 92.3 Å². The van der Waals surface area contributed by atoms with Crippen molar-refractivity contribution in [2.75, 3.05) is 13.2 Å². The summed E-state index contributed by atoms with van der Waals surface area (Å²) in [6, 6.07) is 0. The van der Waals surface area contributed by atoms with E-state index in [1.54, 1.807) is 0 Å². The van der Waals surface area contributed by atoms with Gasteiger partial charge in [-0.1, -0.05) is 34.6 Å². The van der Waals surface area contributed by atoms with Crippen molar-refractivity contribution in [1.29, 1.82) is 0 Å². The zero-order valence-corrected chi connectivity index (χ0v) is 17.0. The van der Waals surface area contributed by atoms with Gasteiger partial charge >= 0.3 is 0 Å². The Hall–Kier alpha value is -0.740. The monoisotopic (exact) mass is 342 g/mol. The number of hydrogen-bond donors (Lipinski definition) is 0. The first kappa shape index (κ1) is 23.3. The van der Waals surface area contributed by atoms with Crippen LogP contribution in [0.3, 0.4) is 0 Å². The largest absolute Gasteiger partial charge is 0.375 e.